The van der Waals surface area contributed by atoms with Gasteiger partial charge in [0.15, 0.2) is 0 Å². The molecule has 4 rings (SSSR count). The number of rotatable bonds is 11. The van der Waals surface area contributed by atoms with Crippen molar-refractivity contribution in [2.75, 3.05) is 37.6 Å². The smallest absolute Gasteiger partial charge is 0.252 e. The van der Waals surface area contributed by atoms with Crippen molar-refractivity contribution in [2.45, 2.75) is 56.8 Å². The minimum absolute atomic E-state index is 0.141. The Kier molecular flexibility index (Phi) is 9.58. The molecule has 1 aromatic heterocycles. The maximum absolute atomic E-state index is 13.3. The van der Waals surface area contributed by atoms with E-state index < -0.39 is 15.6 Å². The first-order valence-corrected chi connectivity index (χ1v) is 15.1. The van der Waals surface area contributed by atoms with E-state index in [1.807, 2.05) is 18.2 Å². The highest BCUT2D eigenvalue weighted by atomic mass is 32.2. The van der Waals surface area contributed by atoms with Crippen molar-refractivity contribution in [2.24, 2.45) is 0 Å². The molecule has 0 unspecified atom stereocenters. The van der Waals surface area contributed by atoms with Crippen LogP contribution in [-0.4, -0.2) is 56.3 Å². The van der Waals surface area contributed by atoms with Crippen molar-refractivity contribution < 1.29 is 13.2 Å². The normalized spacial score (nSPS) is 14.8. The molecule has 0 atom stereocenters. The molecule has 0 bridgehead atoms. The zero-order valence-corrected chi connectivity index (χ0v) is 22.9. The monoisotopic (exact) mass is 538 g/mol. The highest BCUT2D eigenvalue weighted by Gasteiger charge is 2.26. The van der Waals surface area contributed by atoms with Gasteiger partial charge in [-0.05, 0) is 56.0 Å². The number of carbonyl (C=O) groups excluding carboxylic acids is 1. The summed E-state index contributed by atoms with van der Waals surface area (Å²) in [5.74, 6) is -0.384. The van der Waals surface area contributed by atoms with Gasteiger partial charge in [0.2, 0.25) is 15.6 Å². The van der Waals surface area contributed by atoms with Crippen molar-refractivity contribution in [3.8, 4) is 0 Å². The number of carbonyl (C=O) groups is 1. The first-order valence-electron chi connectivity index (χ1n) is 13.7. The number of unbranched alkanes of at least 4 members (excludes halogenated alkanes) is 1. The molecule has 2 aromatic carbocycles. The molecule has 1 saturated heterocycles. The number of hydrogen-bond donors (Lipinski definition) is 2. The van der Waals surface area contributed by atoms with Crippen LogP contribution in [0.25, 0.3) is 10.9 Å². The lowest BCUT2D eigenvalue weighted by molar-refractivity contribution is 0.0955. The number of H-pyrrole nitrogens is 1. The van der Waals surface area contributed by atoms with E-state index in [1.54, 1.807) is 6.07 Å². The second kappa shape index (κ2) is 13.1. The second-order valence-electron chi connectivity index (χ2n) is 9.86. The minimum Gasteiger partial charge on any atom is -0.371 e. The van der Waals surface area contributed by atoms with Crippen LogP contribution in [-0.2, 0) is 10.0 Å². The van der Waals surface area contributed by atoms with Crippen LogP contribution in [0.4, 0.5) is 5.69 Å². The lowest BCUT2D eigenvalue weighted by atomic mass is 10.1. The molecule has 1 amide bonds. The van der Waals surface area contributed by atoms with Crippen molar-refractivity contribution in [3.63, 3.8) is 0 Å². The number of hydrogen-bond acceptors (Lipinski definition) is 5. The minimum atomic E-state index is -3.69. The summed E-state index contributed by atoms with van der Waals surface area (Å²) in [7, 11) is -3.69. The van der Waals surface area contributed by atoms with Crippen LogP contribution in [0.15, 0.2) is 64.3 Å². The largest absolute Gasteiger partial charge is 0.371 e. The first kappa shape index (κ1) is 27.9. The number of sulfonamides is 1. The third kappa shape index (κ3) is 6.82. The molecule has 0 spiro atoms. The van der Waals surface area contributed by atoms with Gasteiger partial charge in [-0.25, -0.2) is 8.42 Å². The summed E-state index contributed by atoms with van der Waals surface area (Å²) in [6, 6.07) is 16.1. The van der Waals surface area contributed by atoms with Gasteiger partial charge in [0.1, 0.15) is 0 Å². The number of fused-ring (bicyclic) bond motifs is 1. The SMILES string of the molecule is CCCCN(CCCNC(=O)c1cc(=O)[nH]c2ccc(S(=O)(=O)N3CCCCCC3)cc12)c1ccccc1. The van der Waals surface area contributed by atoms with Gasteiger partial charge in [0.25, 0.3) is 5.91 Å². The third-order valence-corrected chi connectivity index (χ3v) is 8.95. The molecular weight excluding hydrogens is 500 g/mol. The van der Waals surface area contributed by atoms with Crippen molar-refractivity contribution in [1.29, 1.82) is 0 Å². The van der Waals surface area contributed by atoms with Gasteiger partial charge < -0.3 is 15.2 Å². The Labute approximate surface area is 225 Å². The van der Waals surface area contributed by atoms with E-state index in [1.165, 1.54) is 22.5 Å². The van der Waals surface area contributed by atoms with E-state index in [4.69, 9.17) is 0 Å². The van der Waals surface area contributed by atoms with E-state index in [9.17, 15) is 18.0 Å². The molecular formula is C29H38N4O4S. The average molecular weight is 539 g/mol. The summed E-state index contributed by atoms with van der Waals surface area (Å²) in [6.07, 6.45) is 6.66. The van der Waals surface area contributed by atoms with Crippen molar-refractivity contribution in [1.82, 2.24) is 14.6 Å². The van der Waals surface area contributed by atoms with Gasteiger partial charge in [-0.1, -0.05) is 44.4 Å². The Morgan fingerprint density at radius 3 is 2.39 bits per heavy atom. The summed E-state index contributed by atoms with van der Waals surface area (Å²) in [5.41, 5.74) is 1.38. The summed E-state index contributed by atoms with van der Waals surface area (Å²) in [6.45, 7) is 5.34. The Balaban J connectivity index is 1.48. The number of para-hydroxylation sites is 1. The number of anilines is 1. The highest BCUT2D eigenvalue weighted by molar-refractivity contribution is 7.89. The number of aromatic amines is 1. The van der Waals surface area contributed by atoms with E-state index in [0.717, 1.165) is 63.7 Å². The molecule has 2 heterocycles. The molecule has 2 N–H and O–H groups in total. The molecule has 0 saturated carbocycles. The van der Waals surface area contributed by atoms with E-state index in [2.05, 4.69) is 34.3 Å². The Bertz CT molecular complexity index is 1380. The molecule has 8 nitrogen and oxygen atoms in total. The van der Waals surface area contributed by atoms with Gasteiger partial charge in [0.05, 0.1) is 10.5 Å². The van der Waals surface area contributed by atoms with Gasteiger partial charge in [0, 0.05) is 55.4 Å². The molecule has 3 aromatic rings. The van der Waals surface area contributed by atoms with Crippen LogP contribution in [0, 0.1) is 0 Å². The molecule has 1 aliphatic rings. The molecule has 0 radical (unpaired) electrons. The summed E-state index contributed by atoms with van der Waals surface area (Å²) in [4.78, 5) is 30.6. The number of pyridine rings is 1. The van der Waals surface area contributed by atoms with Gasteiger partial charge in [-0.3, -0.25) is 9.59 Å². The van der Waals surface area contributed by atoms with Crippen LogP contribution >= 0.6 is 0 Å². The molecule has 0 aliphatic carbocycles. The van der Waals surface area contributed by atoms with Crippen molar-refractivity contribution >= 4 is 32.5 Å². The fourth-order valence-corrected chi connectivity index (χ4v) is 6.48. The van der Waals surface area contributed by atoms with Gasteiger partial charge >= 0.3 is 0 Å². The highest BCUT2D eigenvalue weighted by Crippen LogP contribution is 2.25. The quantitative estimate of drug-likeness (QED) is 0.350. The van der Waals surface area contributed by atoms with Crippen LogP contribution in [0.3, 0.4) is 0 Å². The van der Waals surface area contributed by atoms with Gasteiger partial charge in [-0.15, -0.1) is 0 Å². The first-order chi connectivity index (χ1) is 18.4. The summed E-state index contributed by atoms with van der Waals surface area (Å²) < 4.78 is 28.2. The van der Waals surface area contributed by atoms with Crippen LogP contribution in [0.2, 0.25) is 0 Å². The van der Waals surface area contributed by atoms with Crippen LogP contribution < -0.4 is 15.8 Å². The van der Waals surface area contributed by atoms with Crippen LogP contribution in [0.1, 0.15) is 62.2 Å². The van der Waals surface area contributed by atoms with Crippen LogP contribution in [0.5, 0.6) is 0 Å². The summed E-state index contributed by atoms with van der Waals surface area (Å²) >= 11 is 0. The topological polar surface area (TPSA) is 103 Å². The standard InChI is InChI=1S/C29H38N4O4S/c1-2-3-17-32(23-12-7-6-8-13-23)18-11-16-30-29(35)26-22-28(34)31-27-15-14-24(21-25(26)27)38(36,37)33-19-9-4-5-10-20-33/h6-8,12-15,21-22H,2-5,9-11,16-20H2,1H3,(H,30,35)(H,31,34). The number of aromatic nitrogens is 1. The zero-order valence-electron chi connectivity index (χ0n) is 22.1. The number of benzene rings is 2. The van der Waals surface area contributed by atoms with Gasteiger partial charge in [-0.2, -0.15) is 4.31 Å². The fraction of sp³-hybridized carbons (Fsp3) is 0.448. The lowest BCUT2D eigenvalue weighted by Crippen LogP contribution is -2.32. The number of amides is 1. The molecule has 9 heteroatoms. The fourth-order valence-electron chi connectivity index (χ4n) is 4.94. The molecule has 1 aliphatic heterocycles. The van der Waals surface area contributed by atoms with E-state index in [0.29, 0.717) is 30.5 Å². The van der Waals surface area contributed by atoms with E-state index in [-0.39, 0.29) is 16.4 Å². The lowest BCUT2D eigenvalue weighted by Gasteiger charge is -2.25. The number of nitrogens with zero attached hydrogens (tertiary/aromatic N) is 2. The number of nitrogens with one attached hydrogen (secondary N) is 2. The Morgan fingerprint density at radius 2 is 1.68 bits per heavy atom. The predicted octanol–water partition coefficient (Wildman–Crippen LogP) is 4.52. The predicted molar refractivity (Wildman–Crippen MR) is 152 cm³/mol. The molecule has 38 heavy (non-hydrogen) atoms. The molecule has 204 valence electrons. The zero-order chi connectivity index (χ0) is 27.0. The maximum atomic E-state index is 13.3. The third-order valence-electron chi connectivity index (χ3n) is 7.06. The van der Waals surface area contributed by atoms with E-state index >= 15 is 0 Å². The Hall–Kier alpha value is -3.17. The molecule has 1 fully saturated rings. The second-order valence-corrected chi connectivity index (χ2v) is 11.8. The average Bonchev–Trinajstić information content (AvgIpc) is 3.23. The van der Waals surface area contributed by atoms with Crippen molar-refractivity contribution in [3.05, 3.63) is 70.5 Å². The summed E-state index contributed by atoms with van der Waals surface area (Å²) in [5, 5.41) is 3.36. The maximum Gasteiger partial charge on any atom is 0.252 e. The Morgan fingerprint density at radius 1 is 0.974 bits per heavy atom.